The molecule has 0 bridgehead atoms. The SMILES string of the molecule is OCC(CO)CCCCCCC/C=C\CCCCCCCCC1=NCCO1. The van der Waals surface area contributed by atoms with Crippen molar-refractivity contribution in [3.05, 3.63) is 12.2 Å². The van der Waals surface area contributed by atoms with Gasteiger partial charge in [0.15, 0.2) is 5.90 Å². The molecule has 27 heavy (non-hydrogen) atoms. The summed E-state index contributed by atoms with van der Waals surface area (Å²) in [4.78, 5) is 4.33. The molecule has 1 heterocycles. The molecule has 0 spiro atoms. The minimum atomic E-state index is 0.0920. The van der Waals surface area contributed by atoms with Gasteiger partial charge < -0.3 is 14.9 Å². The first-order chi connectivity index (χ1) is 13.4. The van der Waals surface area contributed by atoms with Crippen LogP contribution >= 0.6 is 0 Å². The van der Waals surface area contributed by atoms with Crippen molar-refractivity contribution in [2.24, 2.45) is 10.9 Å². The van der Waals surface area contributed by atoms with E-state index >= 15 is 0 Å². The monoisotopic (exact) mass is 381 g/mol. The molecule has 1 rings (SSSR count). The van der Waals surface area contributed by atoms with E-state index < -0.39 is 0 Å². The number of rotatable bonds is 19. The first kappa shape index (κ1) is 24.2. The number of unbranched alkanes of at least 4 members (excludes halogenated alkanes) is 11. The summed E-state index contributed by atoms with van der Waals surface area (Å²) in [6.07, 6.45) is 23.3. The smallest absolute Gasteiger partial charge is 0.183 e. The Morgan fingerprint density at radius 3 is 1.89 bits per heavy atom. The summed E-state index contributed by atoms with van der Waals surface area (Å²) in [6.45, 7) is 1.89. The summed E-state index contributed by atoms with van der Waals surface area (Å²) in [5.74, 6) is 1.08. The Kier molecular flexibility index (Phi) is 16.6. The number of aliphatic hydroxyl groups is 2. The highest BCUT2D eigenvalue weighted by Gasteiger charge is 2.06. The second kappa shape index (κ2) is 18.5. The van der Waals surface area contributed by atoms with E-state index in [0.717, 1.165) is 38.3 Å². The average Bonchev–Trinajstić information content (AvgIpc) is 3.21. The quantitative estimate of drug-likeness (QED) is 0.232. The molecule has 4 nitrogen and oxygen atoms in total. The topological polar surface area (TPSA) is 62.0 Å². The average molecular weight is 382 g/mol. The Labute approximate surface area is 167 Å². The van der Waals surface area contributed by atoms with Gasteiger partial charge >= 0.3 is 0 Å². The summed E-state index contributed by atoms with van der Waals surface area (Å²) < 4.78 is 5.42. The molecule has 4 heteroatoms. The van der Waals surface area contributed by atoms with Gasteiger partial charge in [0, 0.05) is 25.6 Å². The van der Waals surface area contributed by atoms with Gasteiger partial charge in [0.2, 0.25) is 0 Å². The van der Waals surface area contributed by atoms with E-state index in [4.69, 9.17) is 14.9 Å². The first-order valence-electron chi connectivity index (χ1n) is 11.4. The fourth-order valence-electron chi connectivity index (χ4n) is 3.48. The molecule has 0 saturated heterocycles. The Balaban J connectivity index is 1.73. The molecule has 0 aliphatic carbocycles. The van der Waals surface area contributed by atoms with Crippen LogP contribution in [0.25, 0.3) is 0 Å². The molecular formula is C23H43NO3. The van der Waals surface area contributed by atoms with Gasteiger partial charge in [-0.05, 0) is 38.5 Å². The van der Waals surface area contributed by atoms with E-state index in [0.29, 0.717) is 0 Å². The number of aliphatic imine (C=N–C) groups is 1. The molecule has 0 aromatic carbocycles. The molecule has 0 aromatic heterocycles. The Morgan fingerprint density at radius 1 is 0.778 bits per heavy atom. The molecule has 0 unspecified atom stereocenters. The van der Waals surface area contributed by atoms with Gasteiger partial charge in [-0.25, -0.2) is 0 Å². The molecule has 0 radical (unpaired) electrons. The van der Waals surface area contributed by atoms with Crippen LogP contribution in [0.4, 0.5) is 0 Å². The maximum atomic E-state index is 9.01. The third-order valence-electron chi connectivity index (χ3n) is 5.33. The summed E-state index contributed by atoms with van der Waals surface area (Å²) in [6, 6.07) is 0. The van der Waals surface area contributed by atoms with Crippen molar-refractivity contribution in [3.8, 4) is 0 Å². The third kappa shape index (κ3) is 14.8. The fourth-order valence-corrected chi connectivity index (χ4v) is 3.48. The van der Waals surface area contributed by atoms with E-state index in [1.807, 2.05) is 0 Å². The van der Waals surface area contributed by atoms with Crippen molar-refractivity contribution >= 4 is 5.90 Å². The van der Waals surface area contributed by atoms with E-state index in [-0.39, 0.29) is 19.1 Å². The van der Waals surface area contributed by atoms with Crippen molar-refractivity contribution in [1.82, 2.24) is 0 Å². The zero-order valence-electron chi connectivity index (χ0n) is 17.4. The molecule has 2 N–H and O–H groups in total. The molecule has 0 atom stereocenters. The van der Waals surface area contributed by atoms with Crippen molar-refractivity contribution in [3.63, 3.8) is 0 Å². The number of allylic oxidation sites excluding steroid dienone is 2. The third-order valence-corrected chi connectivity index (χ3v) is 5.33. The second-order valence-corrected chi connectivity index (χ2v) is 7.83. The fraction of sp³-hybridized carbons (Fsp3) is 0.870. The van der Waals surface area contributed by atoms with Crippen LogP contribution in [0.1, 0.15) is 96.3 Å². The summed E-state index contributed by atoms with van der Waals surface area (Å²) >= 11 is 0. The van der Waals surface area contributed by atoms with Crippen LogP contribution in [0, 0.1) is 5.92 Å². The highest BCUT2D eigenvalue weighted by molar-refractivity contribution is 5.77. The lowest BCUT2D eigenvalue weighted by atomic mass is 10.0. The lowest BCUT2D eigenvalue weighted by Gasteiger charge is -2.09. The molecule has 1 aliphatic rings. The standard InChI is InChI=1S/C23H43NO3/c25-20-22(21-26)16-14-12-10-8-6-4-2-1-3-5-7-9-11-13-15-17-23-24-18-19-27-23/h1-2,22,25-26H,3-21H2/b2-1-. The number of hydrogen-bond donors (Lipinski definition) is 2. The summed E-state index contributed by atoms with van der Waals surface area (Å²) in [5.41, 5.74) is 0. The minimum absolute atomic E-state index is 0.0920. The van der Waals surface area contributed by atoms with Gasteiger partial charge in [0.25, 0.3) is 0 Å². The van der Waals surface area contributed by atoms with Crippen LogP contribution < -0.4 is 0 Å². The first-order valence-corrected chi connectivity index (χ1v) is 11.4. The van der Waals surface area contributed by atoms with Crippen LogP contribution in [0.2, 0.25) is 0 Å². The highest BCUT2D eigenvalue weighted by Crippen LogP contribution is 2.13. The molecule has 1 aliphatic heterocycles. The van der Waals surface area contributed by atoms with E-state index in [9.17, 15) is 0 Å². The zero-order valence-corrected chi connectivity index (χ0v) is 17.4. The van der Waals surface area contributed by atoms with Gasteiger partial charge in [-0.2, -0.15) is 0 Å². The zero-order chi connectivity index (χ0) is 19.4. The number of hydrogen-bond acceptors (Lipinski definition) is 4. The van der Waals surface area contributed by atoms with Crippen molar-refractivity contribution in [2.75, 3.05) is 26.4 Å². The van der Waals surface area contributed by atoms with E-state index in [1.165, 1.54) is 77.0 Å². The number of aliphatic hydroxyl groups excluding tert-OH is 2. The molecule has 0 saturated carbocycles. The molecule has 0 aromatic rings. The Morgan fingerprint density at radius 2 is 1.33 bits per heavy atom. The van der Waals surface area contributed by atoms with Gasteiger partial charge in [-0.1, -0.05) is 63.5 Å². The van der Waals surface area contributed by atoms with Gasteiger partial charge in [-0.3, -0.25) is 4.99 Å². The van der Waals surface area contributed by atoms with Gasteiger partial charge in [-0.15, -0.1) is 0 Å². The lowest BCUT2D eigenvalue weighted by Crippen LogP contribution is -2.10. The van der Waals surface area contributed by atoms with Crippen molar-refractivity contribution < 1.29 is 14.9 Å². The van der Waals surface area contributed by atoms with Crippen molar-refractivity contribution in [1.29, 1.82) is 0 Å². The highest BCUT2D eigenvalue weighted by atomic mass is 16.5. The van der Waals surface area contributed by atoms with Crippen LogP contribution in [0.5, 0.6) is 0 Å². The maximum absolute atomic E-state index is 9.01. The minimum Gasteiger partial charge on any atom is -0.479 e. The van der Waals surface area contributed by atoms with Crippen LogP contribution in [-0.4, -0.2) is 42.5 Å². The maximum Gasteiger partial charge on any atom is 0.183 e. The Hall–Kier alpha value is -0.870. The van der Waals surface area contributed by atoms with Gasteiger partial charge in [0.1, 0.15) is 6.61 Å². The number of ether oxygens (including phenoxy) is 1. The molecule has 0 fully saturated rings. The second-order valence-electron chi connectivity index (χ2n) is 7.83. The van der Waals surface area contributed by atoms with Crippen LogP contribution in [-0.2, 0) is 4.74 Å². The number of nitrogens with zero attached hydrogens (tertiary/aromatic N) is 1. The van der Waals surface area contributed by atoms with Crippen molar-refractivity contribution in [2.45, 2.75) is 96.3 Å². The van der Waals surface area contributed by atoms with Crippen LogP contribution in [0.15, 0.2) is 17.1 Å². The van der Waals surface area contributed by atoms with E-state index in [2.05, 4.69) is 17.1 Å². The normalized spacial score (nSPS) is 14.3. The van der Waals surface area contributed by atoms with E-state index in [1.54, 1.807) is 0 Å². The lowest BCUT2D eigenvalue weighted by molar-refractivity contribution is 0.141. The van der Waals surface area contributed by atoms with Crippen LogP contribution in [0.3, 0.4) is 0 Å². The molecule has 158 valence electrons. The van der Waals surface area contributed by atoms with Gasteiger partial charge in [0.05, 0.1) is 6.54 Å². The Bertz CT molecular complexity index is 378. The molecular weight excluding hydrogens is 338 g/mol. The summed E-state index contributed by atoms with van der Waals surface area (Å²) in [5, 5.41) is 18.0. The predicted molar refractivity (Wildman–Crippen MR) is 114 cm³/mol. The largest absolute Gasteiger partial charge is 0.479 e. The molecule has 0 amide bonds. The summed E-state index contributed by atoms with van der Waals surface area (Å²) in [7, 11) is 0. The predicted octanol–water partition coefficient (Wildman–Crippen LogP) is 5.42.